The molecule has 0 bridgehead atoms. The molecule has 0 aliphatic carbocycles. The molecule has 5 N–H and O–H groups in total. The maximum atomic E-state index is 12.6. The summed E-state index contributed by atoms with van der Waals surface area (Å²) in [6.45, 7) is 6.03. The predicted molar refractivity (Wildman–Crippen MR) is 117 cm³/mol. The summed E-state index contributed by atoms with van der Waals surface area (Å²) in [6.07, 6.45) is -7.52. The molecule has 2 rings (SSSR count). The molecule has 0 aromatic heterocycles. The Morgan fingerprint density at radius 3 is 2.52 bits per heavy atom. The number of carboxylic acids is 1. The second-order valence-electron chi connectivity index (χ2n) is 9.44. The highest BCUT2D eigenvalue weighted by Gasteiger charge is 2.46. The van der Waals surface area contributed by atoms with Crippen molar-refractivity contribution < 1.29 is 45.7 Å². The van der Waals surface area contributed by atoms with Crippen molar-refractivity contribution >= 4 is 24.0 Å². The summed E-state index contributed by atoms with van der Waals surface area (Å²) in [6, 6.07) is 4.72. The number of hydrogen-bond donors (Lipinski definition) is 5. The van der Waals surface area contributed by atoms with Gasteiger partial charge in [0.1, 0.15) is 24.9 Å². The first-order valence-electron chi connectivity index (χ1n) is 11.3. The molecule has 5 atom stereocenters. The molecule has 5 unspecified atom stereocenters. The van der Waals surface area contributed by atoms with E-state index in [0.717, 1.165) is 6.42 Å². The number of anilines is 1. The summed E-state index contributed by atoms with van der Waals surface area (Å²) < 4.78 is 16.9. The summed E-state index contributed by atoms with van der Waals surface area (Å²) in [7, 11) is 0. The molecule has 184 valence electrons. The van der Waals surface area contributed by atoms with E-state index in [0.29, 0.717) is 23.2 Å². The van der Waals surface area contributed by atoms with Gasteiger partial charge in [-0.05, 0) is 35.4 Å². The van der Waals surface area contributed by atoms with Crippen LogP contribution in [-0.2, 0) is 36.9 Å². The van der Waals surface area contributed by atoms with E-state index in [1.165, 1.54) is 0 Å². The van der Waals surface area contributed by atoms with Gasteiger partial charge < -0.3 is 35.2 Å². The molecule has 1 aliphatic heterocycles. The second kappa shape index (κ2) is 11.6. The molecule has 10 nitrogen and oxygen atoms in total. The van der Waals surface area contributed by atoms with Crippen molar-refractivity contribution in [1.29, 1.82) is 0 Å². The molecule has 1 aromatic carbocycles. The fraction of sp³-hybridized carbons (Fsp3) is 0.609. The van der Waals surface area contributed by atoms with Gasteiger partial charge in [-0.15, -0.1) is 0 Å². The van der Waals surface area contributed by atoms with E-state index < -0.39 is 42.9 Å². The van der Waals surface area contributed by atoms with Crippen LogP contribution in [0.1, 0.15) is 52.5 Å². The quantitative estimate of drug-likeness (QED) is 0.333. The highest BCUT2D eigenvalue weighted by atomic mass is 16.6. The van der Waals surface area contributed by atoms with Gasteiger partial charge in [0, 0.05) is 18.5 Å². The van der Waals surface area contributed by atoms with Crippen molar-refractivity contribution in [3.8, 4) is 0 Å². The van der Waals surface area contributed by atoms with Crippen LogP contribution in [0.4, 0.5) is 5.69 Å². The van der Waals surface area contributed by atoms with Gasteiger partial charge in [-0.1, -0.05) is 32.9 Å². The van der Waals surface area contributed by atoms with Crippen molar-refractivity contribution in [1.82, 2.24) is 0 Å². The van der Waals surface area contributed by atoms with Gasteiger partial charge in [0.25, 0.3) is 6.45 Å². The van der Waals surface area contributed by atoms with Crippen LogP contribution in [0.25, 0.3) is 0 Å². The summed E-state index contributed by atoms with van der Waals surface area (Å²) in [5, 5.41) is 42.4. The van der Waals surface area contributed by atoms with E-state index in [1.54, 1.807) is 18.2 Å². The van der Waals surface area contributed by atoms with Crippen LogP contribution < -0.4 is 5.32 Å². The largest absolute Gasteiger partial charge is 0.479 e. The smallest absolute Gasteiger partial charge is 0.335 e. The van der Waals surface area contributed by atoms with E-state index in [1.807, 2.05) is 0 Å². The Bertz CT molecular complexity index is 886. The van der Waals surface area contributed by atoms with E-state index in [4.69, 9.17) is 6.11 Å². The molecule has 1 heterocycles. The van der Waals surface area contributed by atoms with Crippen LogP contribution in [0.3, 0.4) is 0 Å². The fourth-order valence-electron chi connectivity index (χ4n) is 3.65. The number of aliphatic hydroxyl groups is 3. The van der Waals surface area contributed by atoms with Gasteiger partial charge in [0.2, 0.25) is 5.91 Å². The number of amides is 1. The molecule has 1 saturated heterocycles. The number of carbonyl (C=O) groups is 3. The Balaban J connectivity index is 2.23. The van der Waals surface area contributed by atoms with Gasteiger partial charge in [-0.2, -0.15) is 0 Å². The molecule has 1 amide bonds. The number of benzene rings is 1. The van der Waals surface area contributed by atoms with Crippen molar-refractivity contribution in [2.24, 2.45) is 5.41 Å². The third-order valence-electron chi connectivity index (χ3n) is 5.45. The molecular weight excluding hydrogens is 434 g/mol. The van der Waals surface area contributed by atoms with Crippen LogP contribution in [0.2, 0.25) is 0 Å². The van der Waals surface area contributed by atoms with Crippen LogP contribution in [0, 0.1) is 5.41 Å². The van der Waals surface area contributed by atoms with Crippen molar-refractivity contribution in [3.05, 3.63) is 29.3 Å². The Morgan fingerprint density at radius 1 is 1.21 bits per heavy atom. The number of rotatable bonds is 9. The first-order valence-corrected chi connectivity index (χ1v) is 10.8. The number of aliphatic hydroxyl groups excluding tert-OH is 3. The SMILES string of the molecule is [2H]C(=O)OCc1ccc(CC2OC(C(=O)O)C(O)C(O)C2O)c(NC(=O)CCCC(C)(C)C)c1. The topological polar surface area (TPSA) is 163 Å². The monoisotopic (exact) mass is 468 g/mol. The van der Waals surface area contributed by atoms with Gasteiger partial charge in [0.05, 0.1) is 6.10 Å². The lowest BCUT2D eigenvalue weighted by Gasteiger charge is -2.39. The summed E-state index contributed by atoms with van der Waals surface area (Å²) >= 11 is 0. The molecule has 10 heteroatoms. The van der Waals surface area contributed by atoms with Crippen molar-refractivity contribution in [2.45, 2.75) is 83.6 Å². The molecule has 0 spiro atoms. The van der Waals surface area contributed by atoms with Gasteiger partial charge in [-0.25, -0.2) is 4.79 Å². The van der Waals surface area contributed by atoms with Crippen LogP contribution in [-0.4, -0.2) is 69.3 Å². The first kappa shape index (κ1) is 25.1. The number of ether oxygens (including phenoxy) is 2. The zero-order chi connectivity index (χ0) is 25.6. The van der Waals surface area contributed by atoms with Crippen LogP contribution >= 0.6 is 0 Å². The summed E-state index contributed by atoms with van der Waals surface area (Å²) in [5.41, 5.74) is 1.38. The van der Waals surface area contributed by atoms with Crippen molar-refractivity contribution in [3.63, 3.8) is 0 Å². The minimum absolute atomic E-state index is 0.0754. The molecule has 0 saturated carbocycles. The fourth-order valence-corrected chi connectivity index (χ4v) is 3.65. The van der Waals surface area contributed by atoms with E-state index >= 15 is 0 Å². The van der Waals surface area contributed by atoms with Gasteiger partial charge in [-0.3, -0.25) is 9.59 Å². The lowest BCUT2D eigenvalue weighted by Crippen LogP contribution is -2.60. The number of nitrogens with one attached hydrogen (secondary N) is 1. The summed E-state index contributed by atoms with van der Waals surface area (Å²) in [5.74, 6) is -1.74. The van der Waals surface area contributed by atoms with Gasteiger partial charge >= 0.3 is 5.97 Å². The zero-order valence-electron chi connectivity index (χ0n) is 20.0. The maximum Gasteiger partial charge on any atom is 0.335 e. The minimum atomic E-state index is -1.80. The normalized spacial score (nSPS) is 25.8. The Morgan fingerprint density at radius 2 is 1.91 bits per heavy atom. The van der Waals surface area contributed by atoms with Crippen molar-refractivity contribution in [2.75, 3.05) is 5.32 Å². The lowest BCUT2D eigenvalue weighted by molar-refractivity contribution is -0.227. The Hall–Kier alpha value is -2.53. The first-order chi connectivity index (χ1) is 15.8. The maximum absolute atomic E-state index is 12.6. The number of hydrogen-bond acceptors (Lipinski definition) is 8. The van der Waals surface area contributed by atoms with Crippen LogP contribution in [0.15, 0.2) is 18.2 Å². The number of carboxylic acid groups (broad SMARTS) is 1. The van der Waals surface area contributed by atoms with E-state index in [-0.39, 0.29) is 30.8 Å². The van der Waals surface area contributed by atoms with E-state index in [2.05, 4.69) is 30.8 Å². The van der Waals surface area contributed by atoms with Crippen LogP contribution in [0.5, 0.6) is 0 Å². The molecule has 1 aromatic rings. The average molecular weight is 469 g/mol. The lowest BCUT2D eigenvalue weighted by atomic mass is 9.89. The second-order valence-corrected chi connectivity index (χ2v) is 9.44. The zero-order valence-corrected chi connectivity index (χ0v) is 19.0. The Labute approximate surface area is 193 Å². The molecule has 1 aliphatic rings. The number of carbonyl (C=O) groups excluding carboxylic acids is 2. The number of aliphatic carboxylic acids is 1. The third kappa shape index (κ3) is 7.78. The summed E-state index contributed by atoms with van der Waals surface area (Å²) in [4.78, 5) is 34.8. The minimum Gasteiger partial charge on any atom is -0.479 e. The predicted octanol–water partition coefficient (Wildman–Crippen LogP) is 0.992. The average Bonchev–Trinajstić information content (AvgIpc) is 2.72. The molecule has 33 heavy (non-hydrogen) atoms. The highest BCUT2D eigenvalue weighted by molar-refractivity contribution is 5.91. The standard InChI is InChI=1S/C23H33NO9/c1-23(2,3)8-4-5-17(26)24-15-9-13(11-32-12-25)6-7-14(15)10-16-18(27)19(28)20(29)21(33-16)22(30)31/h6-7,9,12,16,18-21,27-29H,4-5,8,10-11H2,1-3H3,(H,24,26)(H,30,31)/i12D. The molecular formula is C23H33NO9. The third-order valence-corrected chi connectivity index (χ3v) is 5.45. The molecule has 0 radical (unpaired) electrons. The van der Waals surface area contributed by atoms with Gasteiger partial charge in [0.15, 0.2) is 7.47 Å². The van der Waals surface area contributed by atoms with E-state index in [9.17, 15) is 34.8 Å². The molecule has 1 fully saturated rings. The highest BCUT2D eigenvalue weighted by Crippen LogP contribution is 2.28. The Kier molecular flexibility index (Phi) is 8.79.